The van der Waals surface area contributed by atoms with Gasteiger partial charge >= 0.3 is 0 Å². The van der Waals surface area contributed by atoms with Crippen LogP contribution < -0.4 is 0 Å². The van der Waals surface area contributed by atoms with Crippen molar-refractivity contribution in [2.24, 2.45) is 7.05 Å². The van der Waals surface area contributed by atoms with Crippen LogP contribution in [0.3, 0.4) is 0 Å². The van der Waals surface area contributed by atoms with Gasteiger partial charge in [0, 0.05) is 19.6 Å². The summed E-state index contributed by atoms with van der Waals surface area (Å²) in [4.78, 5) is 4.69. The van der Waals surface area contributed by atoms with Crippen molar-refractivity contribution in [2.75, 3.05) is 6.61 Å². The molecular formula is C14H15N3O. The fourth-order valence-corrected chi connectivity index (χ4v) is 2.69. The van der Waals surface area contributed by atoms with Gasteiger partial charge in [-0.1, -0.05) is 0 Å². The summed E-state index contributed by atoms with van der Waals surface area (Å²) in [5, 5.41) is 8.92. The second kappa shape index (κ2) is 4.11. The van der Waals surface area contributed by atoms with Crippen LogP contribution in [0.4, 0.5) is 0 Å². The smallest absolute Gasteiger partial charge is 0.115 e. The second-order valence-corrected chi connectivity index (χ2v) is 4.82. The van der Waals surface area contributed by atoms with Crippen molar-refractivity contribution >= 4 is 11.0 Å². The van der Waals surface area contributed by atoms with Crippen molar-refractivity contribution in [3.8, 4) is 6.07 Å². The second-order valence-electron chi connectivity index (χ2n) is 4.82. The molecule has 0 saturated carbocycles. The Balaban J connectivity index is 2.13. The molecule has 4 heteroatoms. The van der Waals surface area contributed by atoms with Crippen LogP contribution in [0.1, 0.15) is 30.7 Å². The average Bonchev–Trinajstić information content (AvgIpc) is 2.93. The summed E-state index contributed by atoms with van der Waals surface area (Å²) >= 11 is 0. The van der Waals surface area contributed by atoms with E-state index in [-0.39, 0.29) is 6.10 Å². The highest BCUT2D eigenvalue weighted by molar-refractivity contribution is 5.77. The number of fused-ring (bicyclic) bond motifs is 1. The largest absolute Gasteiger partial charge is 0.378 e. The van der Waals surface area contributed by atoms with Gasteiger partial charge in [-0.15, -0.1) is 0 Å². The first-order valence-electron chi connectivity index (χ1n) is 6.19. The summed E-state index contributed by atoms with van der Waals surface area (Å²) in [6.45, 7) is 2.90. The van der Waals surface area contributed by atoms with Crippen LogP contribution in [0.15, 0.2) is 18.2 Å². The Labute approximate surface area is 106 Å². The first-order chi connectivity index (χ1) is 8.70. The third kappa shape index (κ3) is 1.59. The van der Waals surface area contributed by atoms with Gasteiger partial charge in [0.25, 0.3) is 0 Å². The van der Waals surface area contributed by atoms with E-state index < -0.39 is 0 Å². The van der Waals surface area contributed by atoms with Crippen molar-refractivity contribution in [3.05, 3.63) is 29.6 Å². The highest BCUT2D eigenvalue weighted by Crippen LogP contribution is 2.32. The molecule has 0 aliphatic carbocycles. The molecule has 4 nitrogen and oxygen atoms in total. The Morgan fingerprint density at radius 2 is 2.33 bits per heavy atom. The number of rotatable bonds is 1. The number of aryl methyl sites for hydroxylation is 1. The third-order valence-electron chi connectivity index (χ3n) is 3.75. The summed E-state index contributed by atoms with van der Waals surface area (Å²) in [5.41, 5.74) is 2.62. The number of nitrogens with zero attached hydrogens (tertiary/aromatic N) is 3. The van der Waals surface area contributed by atoms with Crippen LogP contribution in [0.2, 0.25) is 0 Å². The minimum Gasteiger partial charge on any atom is -0.378 e. The monoisotopic (exact) mass is 241 g/mol. The zero-order valence-corrected chi connectivity index (χ0v) is 10.6. The van der Waals surface area contributed by atoms with Crippen LogP contribution in [0, 0.1) is 11.3 Å². The van der Waals surface area contributed by atoms with Gasteiger partial charge in [0.15, 0.2) is 0 Å². The highest BCUT2D eigenvalue weighted by Gasteiger charge is 2.29. The molecule has 1 aliphatic rings. The lowest BCUT2D eigenvalue weighted by molar-refractivity contribution is 0.117. The third-order valence-corrected chi connectivity index (χ3v) is 3.75. The van der Waals surface area contributed by atoms with Gasteiger partial charge in [0.1, 0.15) is 5.82 Å². The van der Waals surface area contributed by atoms with E-state index in [9.17, 15) is 0 Å². The maximum absolute atomic E-state index is 8.92. The molecule has 92 valence electrons. The molecule has 1 saturated heterocycles. The van der Waals surface area contributed by atoms with Gasteiger partial charge in [0.2, 0.25) is 0 Å². The zero-order chi connectivity index (χ0) is 12.7. The molecule has 0 spiro atoms. The maximum atomic E-state index is 8.92. The maximum Gasteiger partial charge on any atom is 0.115 e. The summed E-state index contributed by atoms with van der Waals surface area (Å²) < 4.78 is 7.73. The summed E-state index contributed by atoms with van der Waals surface area (Å²) in [6.07, 6.45) is 1.24. The fraction of sp³-hybridized carbons (Fsp3) is 0.429. The average molecular weight is 241 g/mol. The van der Waals surface area contributed by atoms with E-state index in [0.29, 0.717) is 11.5 Å². The molecule has 18 heavy (non-hydrogen) atoms. The molecule has 0 amide bonds. The first-order valence-corrected chi connectivity index (χ1v) is 6.19. The first kappa shape index (κ1) is 11.2. The molecule has 0 N–H and O–H groups in total. The van der Waals surface area contributed by atoms with Crippen molar-refractivity contribution in [3.63, 3.8) is 0 Å². The van der Waals surface area contributed by atoms with Crippen molar-refractivity contribution in [1.29, 1.82) is 5.26 Å². The van der Waals surface area contributed by atoms with Gasteiger partial charge in [-0.25, -0.2) is 4.98 Å². The molecule has 0 radical (unpaired) electrons. The minimum atomic E-state index is 0.218. The van der Waals surface area contributed by atoms with Crippen molar-refractivity contribution in [1.82, 2.24) is 9.55 Å². The quantitative estimate of drug-likeness (QED) is 0.770. The summed E-state index contributed by atoms with van der Waals surface area (Å²) in [6, 6.07) is 7.80. The van der Waals surface area contributed by atoms with Crippen LogP contribution in [-0.4, -0.2) is 22.3 Å². The molecular weight excluding hydrogens is 226 g/mol. The predicted molar refractivity (Wildman–Crippen MR) is 68.2 cm³/mol. The summed E-state index contributed by atoms with van der Waals surface area (Å²) in [5.74, 6) is 1.41. The molecule has 0 bridgehead atoms. The van der Waals surface area contributed by atoms with Gasteiger partial charge in [0.05, 0.1) is 28.8 Å². The van der Waals surface area contributed by atoms with E-state index in [0.717, 1.165) is 29.9 Å². The Morgan fingerprint density at radius 3 is 3.00 bits per heavy atom. The zero-order valence-electron chi connectivity index (χ0n) is 10.6. The lowest BCUT2D eigenvalue weighted by Crippen LogP contribution is -2.13. The molecule has 1 fully saturated rings. The molecule has 2 aromatic rings. The Morgan fingerprint density at radius 1 is 1.50 bits per heavy atom. The van der Waals surface area contributed by atoms with Gasteiger partial charge in [-0.2, -0.15) is 5.26 Å². The molecule has 2 atom stereocenters. The number of hydrogen-bond acceptors (Lipinski definition) is 3. The van der Waals surface area contributed by atoms with Crippen LogP contribution in [0.25, 0.3) is 11.0 Å². The topological polar surface area (TPSA) is 50.8 Å². The molecule has 1 aromatic heterocycles. The Hall–Kier alpha value is -1.86. The number of benzene rings is 1. The van der Waals surface area contributed by atoms with Crippen LogP contribution in [-0.2, 0) is 11.8 Å². The molecule has 2 heterocycles. The number of hydrogen-bond donors (Lipinski definition) is 0. The van der Waals surface area contributed by atoms with Gasteiger partial charge in [-0.3, -0.25) is 0 Å². The number of ether oxygens (including phenoxy) is 1. The molecule has 3 rings (SSSR count). The SMILES string of the molecule is CC1OCCC1c1nc2cc(C#N)ccc2n1C. The Bertz CT molecular complexity index is 638. The van der Waals surface area contributed by atoms with Gasteiger partial charge in [-0.05, 0) is 31.5 Å². The molecule has 1 aromatic carbocycles. The summed E-state index contributed by atoms with van der Waals surface area (Å²) in [7, 11) is 2.03. The van der Waals surface area contributed by atoms with E-state index in [1.807, 2.05) is 25.2 Å². The number of nitriles is 1. The van der Waals surface area contributed by atoms with E-state index in [1.165, 1.54) is 0 Å². The standard InChI is InChI=1S/C14H15N3O/c1-9-11(5-6-18-9)14-16-12-7-10(8-15)3-4-13(12)17(14)2/h3-4,7,9,11H,5-6H2,1-2H3. The molecule has 2 unspecified atom stereocenters. The van der Waals surface area contributed by atoms with E-state index in [2.05, 4.69) is 22.5 Å². The van der Waals surface area contributed by atoms with E-state index in [4.69, 9.17) is 10.00 Å². The minimum absolute atomic E-state index is 0.218. The van der Waals surface area contributed by atoms with E-state index >= 15 is 0 Å². The predicted octanol–water partition coefficient (Wildman–Crippen LogP) is 2.34. The van der Waals surface area contributed by atoms with Crippen LogP contribution >= 0.6 is 0 Å². The lowest BCUT2D eigenvalue weighted by atomic mass is 10.0. The van der Waals surface area contributed by atoms with E-state index in [1.54, 1.807) is 0 Å². The Kier molecular flexibility index (Phi) is 2.57. The number of aromatic nitrogens is 2. The molecule has 1 aliphatic heterocycles. The highest BCUT2D eigenvalue weighted by atomic mass is 16.5. The normalized spacial score (nSPS) is 23.4. The van der Waals surface area contributed by atoms with Crippen molar-refractivity contribution in [2.45, 2.75) is 25.4 Å². The van der Waals surface area contributed by atoms with Gasteiger partial charge < -0.3 is 9.30 Å². The fourth-order valence-electron chi connectivity index (χ4n) is 2.69. The lowest BCUT2D eigenvalue weighted by Gasteiger charge is -2.13. The van der Waals surface area contributed by atoms with Crippen molar-refractivity contribution < 1.29 is 4.74 Å². The number of imidazole rings is 1. The van der Waals surface area contributed by atoms with Crippen LogP contribution in [0.5, 0.6) is 0 Å².